The van der Waals surface area contributed by atoms with E-state index < -0.39 is 11.6 Å². The second kappa shape index (κ2) is 5.67. The van der Waals surface area contributed by atoms with E-state index in [1.165, 1.54) is 0 Å². The lowest BCUT2D eigenvalue weighted by Gasteiger charge is -2.09. The van der Waals surface area contributed by atoms with Crippen molar-refractivity contribution in [2.75, 3.05) is 5.32 Å². The van der Waals surface area contributed by atoms with Crippen molar-refractivity contribution in [3.05, 3.63) is 63.1 Å². The Kier molecular flexibility index (Phi) is 4.19. The third-order valence-electron chi connectivity index (χ3n) is 2.41. The van der Waals surface area contributed by atoms with Gasteiger partial charge in [0.15, 0.2) is 0 Å². The molecule has 2 rings (SSSR count). The Balaban J connectivity index is 2.13. The third kappa shape index (κ3) is 3.21. The van der Waals surface area contributed by atoms with Crippen molar-refractivity contribution in [3.8, 4) is 0 Å². The van der Waals surface area contributed by atoms with Gasteiger partial charge in [-0.3, -0.25) is 0 Å². The van der Waals surface area contributed by atoms with Gasteiger partial charge in [-0.05, 0) is 35.9 Å². The minimum Gasteiger partial charge on any atom is -0.378 e. The van der Waals surface area contributed by atoms with Crippen LogP contribution < -0.4 is 5.32 Å². The van der Waals surface area contributed by atoms with Crippen LogP contribution in [0.2, 0.25) is 5.02 Å². The molecule has 18 heavy (non-hydrogen) atoms. The molecular formula is C13H9BrClF2N. The van der Waals surface area contributed by atoms with Gasteiger partial charge >= 0.3 is 0 Å². The van der Waals surface area contributed by atoms with E-state index in [1.54, 1.807) is 6.07 Å². The maximum absolute atomic E-state index is 13.4. The molecular weight excluding hydrogens is 324 g/mol. The van der Waals surface area contributed by atoms with Crippen LogP contribution in [0.25, 0.3) is 0 Å². The van der Waals surface area contributed by atoms with E-state index in [0.717, 1.165) is 28.2 Å². The number of anilines is 1. The lowest BCUT2D eigenvalue weighted by Crippen LogP contribution is -2.02. The molecule has 0 aliphatic heterocycles. The molecule has 0 saturated carbocycles. The normalized spacial score (nSPS) is 10.4. The van der Waals surface area contributed by atoms with Gasteiger partial charge in [0, 0.05) is 16.0 Å². The van der Waals surface area contributed by atoms with Crippen LogP contribution in [0.15, 0.2) is 40.9 Å². The molecule has 0 heterocycles. The van der Waals surface area contributed by atoms with E-state index in [1.807, 2.05) is 12.1 Å². The van der Waals surface area contributed by atoms with E-state index in [-0.39, 0.29) is 5.69 Å². The van der Waals surface area contributed by atoms with Gasteiger partial charge in [-0.25, -0.2) is 8.78 Å². The van der Waals surface area contributed by atoms with Gasteiger partial charge in [0.05, 0.1) is 5.69 Å². The Morgan fingerprint density at radius 2 is 1.89 bits per heavy atom. The second-order valence-electron chi connectivity index (χ2n) is 3.71. The molecule has 0 aliphatic carbocycles. The molecule has 1 nitrogen and oxygen atoms in total. The number of benzene rings is 2. The van der Waals surface area contributed by atoms with E-state index in [9.17, 15) is 8.78 Å². The average molecular weight is 333 g/mol. The summed E-state index contributed by atoms with van der Waals surface area (Å²) in [7, 11) is 0. The predicted molar refractivity (Wildman–Crippen MR) is 72.8 cm³/mol. The molecule has 2 aromatic rings. The Bertz CT molecular complexity index is 575. The SMILES string of the molecule is Fc1ccc(F)c(NCc2ccc(Br)cc2Cl)c1. The fraction of sp³-hybridized carbons (Fsp3) is 0.0769. The number of nitrogens with one attached hydrogen (secondary N) is 1. The first-order valence-electron chi connectivity index (χ1n) is 5.19. The van der Waals surface area contributed by atoms with Gasteiger partial charge in [-0.2, -0.15) is 0 Å². The number of hydrogen-bond donors (Lipinski definition) is 1. The van der Waals surface area contributed by atoms with Gasteiger partial charge in [0.1, 0.15) is 11.6 Å². The quantitative estimate of drug-likeness (QED) is 0.834. The minimum atomic E-state index is -0.496. The van der Waals surface area contributed by atoms with Crippen molar-refractivity contribution in [2.24, 2.45) is 0 Å². The summed E-state index contributed by atoms with van der Waals surface area (Å²) in [4.78, 5) is 0. The molecule has 94 valence electrons. The molecule has 0 atom stereocenters. The third-order valence-corrected chi connectivity index (χ3v) is 3.26. The highest BCUT2D eigenvalue weighted by Crippen LogP contribution is 2.23. The fourth-order valence-electron chi connectivity index (χ4n) is 1.49. The van der Waals surface area contributed by atoms with Gasteiger partial charge in [-0.1, -0.05) is 33.6 Å². The molecule has 0 fully saturated rings. The zero-order valence-electron chi connectivity index (χ0n) is 9.18. The van der Waals surface area contributed by atoms with Crippen LogP contribution >= 0.6 is 27.5 Å². The Morgan fingerprint density at radius 3 is 2.61 bits per heavy atom. The summed E-state index contributed by atoms with van der Waals surface area (Å²) in [5.41, 5.74) is 0.928. The van der Waals surface area contributed by atoms with E-state index >= 15 is 0 Å². The zero-order chi connectivity index (χ0) is 13.1. The zero-order valence-corrected chi connectivity index (χ0v) is 11.5. The first kappa shape index (κ1) is 13.3. The summed E-state index contributed by atoms with van der Waals surface area (Å²) < 4.78 is 27.2. The highest BCUT2D eigenvalue weighted by Gasteiger charge is 2.05. The summed E-state index contributed by atoms with van der Waals surface area (Å²) in [5, 5.41) is 3.38. The van der Waals surface area contributed by atoms with E-state index in [4.69, 9.17) is 11.6 Å². The lowest BCUT2D eigenvalue weighted by atomic mass is 10.2. The molecule has 0 radical (unpaired) electrons. The first-order valence-corrected chi connectivity index (χ1v) is 6.36. The van der Waals surface area contributed by atoms with Crippen LogP contribution in [0.4, 0.5) is 14.5 Å². The smallest absolute Gasteiger partial charge is 0.146 e. The Labute approximate surface area is 117 Å². The monoisotopic (exact) mass is 331 g/mol. The predicted octanol–water partition coefficient (Wildman–Crippen LogP) is 4.99. The van der Waals surface area contributed by atoms with Gasteiger partial charge in [-0.15, -0.1) is 0 Å². The molecule has 2 aromatic carbocycles. The van der Waals surface area contributed by atoms with Crippen molar-refractivity contribution in [1.29, 1.82) is 0 Å². The minimum absolute atomic E-state index is 0.119. The molecule has 1 N–H and O–H groups in total. The van der Waals surface area contributed by atoms with Crippen LogP contribution in [0.3, 0.4) is 0 Å². The maximum Gasteiger partial charge on any atom is 0.146 e. The largest absolute Gasteiger partial charge is 0.378 e. The van der Waals surface area contributed by atoms with Crippen molar-refractivity contribution in [3.63, 3.8) is 0 Å². The summed E-state index contributed by atoms with van der Waals surface area (Å²) in [6.45, 7) is 0.326. The van der Waals surface area contributed by atoms with Crippen molar-refractivity contribution >= 4 is 33.2 Å². The fourth-order valence-corrected chi connectivity index (χ4v) is 2.23. The summed E-state index contributed by atoms with van der Waals surface area (Å²) in [5.74, 6) is -0.981. The topological polar surface area (TPSA) is 12.0 Å². The van der Waals surface area contributed by atoms with Crippen LogP contribution in [-0.2, 0) is 6.54 Å². The second-order valence-corrected chi connectivity index (χ2v) is 5.04. The average Bonchev–Trinajstić information content (AvgIpc) is 2.32. The Hall–Kier alpha value is -1.13. The number of halogens is 4. The molecule has 0 amide bonds. The van der Waals surface area contributed by atoms with Gasteiger partial charge < -0.3 is 5.32 Å². The standard InChI is InChI=1S/C13H9BrClF2N/c14-9-2-1-8(11(15)5-9)7-18-13-6-10(16)3-4-12(13)17/h1-6,18H,7H2. The van der Waals surface area contributed by atoms with Gasteiger partial charge in [0.2, 0.25) is 0 Å². The van der Waals surface area contributed by atoms with Crippen molar-refractivity contribution in [1.82, 2.24) is 0 Å². The Morgan fingerprint density at radius 1 is 1.11 bits per heavy atom. The molecule has 5 heteroatoms. The van der Waals surface area contributed by atoms with Crippen LogP contribution in [0.1, 0.15) is 5.56 Å². The molecule has 0 aliphatic rings. The van der Waals surface area contributed by atoms with Crippen LogP contribution in [0, 0.1) is 11.6 Å². The first-order chi connectivity index (χ1) is 8.56. The molecule has 0 bridgehead atoms. The summed E-state index contributed by atoms with van der Waals surface area (Å²) >= 11 is 9.33. The van der Waals surface area contributed by atoms with E-state index in [0.29, 0.717) is 11.6 Å². The van der Waals surface area contributed by atoms with Crippen LogP contribution in [-0.4, -0.2) is 0 Å². The maximum atomic E-state index is 13.4. The van der Waals surface area contributed by atoms with E-state index in [2.05, 4.69) is 21.2 Å². The summed E-state index contributed by atoms with van der Waals surface area (Å²) in [6, 6.07) is 8.68. The molecule has 0 aromatic heterocycles. The molecule has 0 saturated heterocycles. The number of rotatable bonds is 3. The van der Waals surface area contributed by atoms with Crippen LogP contribution in [0.5, 0.6) is 0 Å². The van der Waals surface area contributed by atoms with Crippen molar-refractivity contribution in [2.45, 2.75) is 6.54 Å². The lowest BCUT2D eigenvalue weighted by molar-refractivity contribution is 0.602. The highest BCUT2D eigenvalue weighted by molar-refractivity contribution is 9.10. The van der Waals surface area contributed by atoms with Gasteiger partial charge in [0.25, 0.3) is 0 Å². The number of hydrogen-bond acceptors (Lipinski definition) is 1. The molecule has 0 spiro atoms. The highest BCUT2D eigenvalue weighted by atomic mass is 79.9. The molecule has 0 unspecified atom stereocenters. The summed E-state index contributed by atoms with van der Waals surface area (Å²) in [6.07, 6.45) is 0. The van der Waals surface area contributed by atoms with Crippen molar-refractivity contribution < 1.29 is 8.78 Å².